The van der Waals surface area contributed by atoms with E-state index in [1.165, 1.54) is 18.2 Å². The van der Waals surface area contributed by atoms with Crippen molar-refractivity contribution in [1.29, 1.82) is 0 Å². The van der Waals surface area contributed by atoms with E-state index in [0.29, 0.717) is 26.2 Å². The van der Waals surface area contributed by atoms with Crippen molar-refractivity contribution < 1.29 is 17.9 Å². The second-order valence-corrected chi connectivity index (χ2v) is 11.0. The zero-order chi connectivity index (χ0) is 25.7. The molecule has 4 rings (SSSR count). The summed E-state index contributed by atoms with van der Waals surface area (Å²) >= 11 is 12.2. The van der Waals surface area contributed by atoms with Gasteiger partial charge < -0.3 is 14.5 Å². The third kappa shape index (κ3) is 6.31. The number of anilines is 1. The molecule has 3 aromatic rings. The molecule has 1 N–H and O–H groups in total. The lowest BCUT2D eigenvalue weighted by Crippen LogP contribution is -2.55. The number of carbonyl (C=O) groups excluding carboxylic acids is 1. The molecule has 1 amide bonds. The Bertz CT molecular complexity index is 1300. The van der Waals surface area contributed by atoms with E-state index in [1.54, 1.807) is 12.0 Å². The van der Waals surface area contributed by atoms with Crippen molar-refractivity contribution in [3.63, 3.8) is 0 Å². The molecule has 190 valence electrons. The van der Waals surface area contributed by atoms with E-state index in [0.717, 1.165) is 17.0 Å². The third-order valence-electron chi connectivity index (χ3n) is 6.09. The van der Waals surface area contributed by atoms with Crippen LogP contribution in [0.4, 0.5) is 5.69 Å². The molecule has 0 spiro atoms. The molecule has 1 fully saturated rings. The molecule has 1 heterocycles. The maximum absolute atomic E-state index is 13.6. The van der Waals surface area contributed by atoms with Crippen LogP contribution in [0.25, 0.3) is 0 Å². The largest absolute Gasteiger partial charge is 0.497 e. The van der Waals surface area contributed by atoms with Gasteiger partial charge in [0.15, 0.2) is 0 Å². The van der Waals surface area contributed by atoms with Gasteiger partial charge in [-0.1, -0.05) is 53.5 Å². The fourth-order valence-electron chi connectivity index (χ4n) is 4.16. The summed E-state index contributed by atoms with van der Waals surface area (Å²) < 4.78 is 34.3. The van der Waals surface area contributed by atoms with E-state index in [-0.39, 0.29) is 27.3 Å². The first-order valence-electron chi connectivity index (χ1n) is 11.5. The van der Waals surface area contributed by atoms with Crippen molar-refractivity contribution in [1.82, 2.24) is 9.62 Å². The summed E-state index contributed by atoms with van der Waals surface area (Å²) in [5, 5.41) is 0.270. The minimum Gasteiger partial charge on any atom is -0.497 e. The average molecular weight is 548 g/mol. The number of nitrogens with zero attached hydrogens (tertiary/aromatic N) is 2. The number of piperazine rings is 1. The van der Waals surface area contributed by atoms with Gasteiger partial charge in [-0.25, -0.2) is 8.42 Å². The number of ether oxygens (including phenoxy) is 1. The Labute approximate surface area is 221 Å². The molecule has 0 aromatic heterocycles. The molecule has 10 heteroatoms. The van der Waals surface area contributed by atoms with Crippen molar-refractivity contribution in [3.8, 4) is 5.75 Å². The van der Waals surface area contributed by atoms with Crippen LogP contribution in [0.1, 0.15) is 5.56 Å². The number of nitrogens with one attached hydrogen (secondary N) is 1. The lowest BCUT2D eigenvalue weighted by molar-refractivity contribution is -0.133. The predicted molar refractivity (Wildman–Crippen MR) is 143 cm³/mol. The Balaban J connectivity index is 1.51. The second kappa shape index (κ2) is 11.5. The fraction of sp³-hybridized carbons (Fsp3) is 0.269. The van der Waals surface area contributed by atoms with E-state index in [4.69, 9.17) is 27.9 Å². The summed E-state index contributed by atoms with van der Waals surface area (Å²) in [5.74, 6) is 0.498. The normalized spacial score (nSPS) is 15.0. The van der Waals surface area contributed by atoms with Crippen LogP contribution in [0.15, 0.2) is 77.7 Å². The number of benzene rings is 3. The minimum absolute atomic E-state index is 0.0333. The average Bonchev–Trinajstić information content (AvgIpc) is 2.90. The van der Waals surface area contributed by atoms with Gasteiger partial charge in [0.05, 0.1) is 12.1 Å². The van der Waals surface area contributed by atoms with E-state index in [1.807, 2.05) is 54.6 Å². The molecule has 0 saturated carbocycles. The number of amides is 1. The number of hydrogen-bond donors (Lipinski definition) is 1. The Morgan fingerprint density at radius 2 is 1.64 bits per heavy atom. The van der Waals surface area contributed by atoms with Crippen LogP contribution in [-0.2, 0) is 21.2 Å². The van der Waals surface area contributed by atoms with Gasteiger partial charge in [-0.15, -0.1) is 0 Å². The molecule has 1 aliphatic heterocycles. The van der Waals surface area contributed by atoms with Crippen LogP contribution in [0.5, 0.6) is 5.75 Å². The maximum atomic E-state index is 13.6. The standard InChI is InChI=1S/C26H27Cl2N3O4S/c1-35-22-10-8-21(9-11-22)30-13-15-31(16-14-30)26(32)24(17-19-5-3-2-4-6-19)29-36(33,34)25-18-20(27)7-12-23(25)28/h2-12,18,24,29H,13-17H2,1H3. The Morgan fingerprint density at radius 1 is 0.972 bits per heavy atom. The van der Waals surface area contributed by atoms with E-state index in [2.05, 4.69) is 9.62 Å². The van der Waals surface area contributed by atoms with Gasteiger partial charge >= 0.3 is 0 Å². The van der Waals surface area contributed by atoms with Gasteiger partial charge in [-0.2, -0.15) is 4.72 Å². The monoisotopic (exact) mass is 547 g/mol. The van der Waals surface area contributed by atoms with Crippen molar-refractivity contribution in [2.75, 3.05) is 38.2 Å². The number of hydrogen-bond acceptors (Lipinski definition) is 5. The Kier molecular flexibility index (Phi) is 8.41. The Hall–Kier alpha value is -2.78. The van der Waals surface area contributed by atoms with Gasteiger partial charge in [0, 0.05) is 36.9 Å². The molecular weight excluding hydrogens is 521 g/mol. The van der Waals surface area contributed by atoms with Crippen LogP contribution in [0.2, 0.25) is 10.0 Å². The molecule has 36 heavy (non-hydrogen) atoms. The first-order valence-corrected chi connectivity index (χ1v) is 13.7. The molecule has 0 bridgehead atoms. The van der Waals surface area contributed by atoms with Gasteiger partial charge in [-0.3, -0.25) is 4.79 Å². The van der Waals surface area contributed by atoms with E-state index >= 15 is 0 Å². The molecule has 1 atom stereocenters. The van der Waals surface area contributed by atoms with Gasteiger partial charge in [0.25, 0.3) is 0 Å². The first kappa shape index (κ1) is 26.3. The highest BCUT2D eigenvalue weighted by Crippen LogP contribution is 2.26. The fourth-order valence-corrected chi connectivity index (χ4v) is 6.11. The van der Waals surface area contributed by atoms with Crippen molar-refractivity contribution in [2.24, 2.45) is 0 Å². The third-order valence-corrected chi connectivity index (χ3v) is 8.28. The van der Waals surface area contributed by atoms with Crippen LogP contribution in [-0.4, -0.2) is 58.6 Å². The summed E-state index contributed by atoms with van der Waals surface area (Å²) in [5.41, 5.74) is 1.88. The lowest BCUT2D eigenvalue weighted by Gasteiger charge is -2.37. The van der Waals surface area contributed by atoms with Crippen molar-refractivity contribution >= 4 is 44.8 Å². The molecule has 1 unspecified atom stereocenters. The summed E-state index contributed by atoms with van der Waals surface area (Å²) in [7, 11) is -2.49. The summed E-state index contributed by atoms with van der Waals surface area (Å²) in [6.07, 6.45) is 0.204. The number of sulfonamides is 1. The topological polar surface area (TPSA) is 79.0 Å². The highest BCUT2D eigenvalue weighted by atomic mass is 35.5. The molecule has 0 aliphatic carbocycles. The number of methoxy groups -OCH3 is 1. The van der Waals surface area contributed by atoms with Crippen molar-refractivity contribution in [2.45, 2.75) is 17.4 Å². The van der Waals surface area contributed by atoms with Crippen molar-refractivity contribution in [3.05, 3.63) is 88.4 Å². The molecule has 1 aliphatic rings. The van der Waals surface area contributed by atoms with E-state index < -0.39 is 16.1 Å². The zero-order valence-corrected chi connectivity index (χ0v) is 22.1. The second-order valence-electron chi connectivity index (χ2n) is 8.45. The SMILES string of the molecule is COc1ccc(N2CCN(C(=O)C(Cc3ccccc3)NS(=O)(=O)c3cc(Cl)ccc3Cl)CC2)cc1. The number of rotatable bonds is 8. The minimum atomic E-state index is -4.11. The zero-order valence-electron chi connectivity index (χ0n) is 19.7. The summed E-state index contributed by atoms with van der Waals surface area (Å²) in [6, 6.07) is 20.3. The molecule has 7 nitrogen and oxygen atoms in total. The summed E-state index contributed by atoms with van der Waals surface area (Å²) in [6.45, 7) is 2.19. The van der Waals surface area contributed by atoms with Crippen LogP contribution in [0.3, 0.4) is 0 Å². The van der Waals surface area contributed by atoms with Crippen LogP contribution < -0.4 is 14.4 Å². The molecular formula is C26H27Cl2N3O4S. The smallest absolute Gasteiger partial charge is 0.242 e. The number of carbonyl (C=O) groups is 1. The van der Waals surface area contributed by atoms with Gasteiger partial charge in [-0.05, 0) is 54.4 Å². The predicted octanol–water partition coefficient (Wildman–Crippen LogP) is 4.24. The first-order chi connectivity index (χ1) is 17.3. The van der Waals surface area contributed by atoms with Crippen LogP contribution in [0, 0.1) is 0 Å². The molecule has 3 aromatic carbocycles. The quantitative estimate of drug-likeness (QED) is 0.456. The van der Waals surface area contributed by atoms with Crippen LogP contribution >= 0.6 is 23.2 Å². The van der Waals surface area contributed by atoms with E-state index in [9.17, 15) is 13.2 Å². The molecule has 1 saturated heterocycles. The highest BCUT2D eigenvalue weighted by Gasteiger charge is 2.32. The lowest BCUT2D eigenvalue weighted by atomic mass is 10.1. The summed E-state index contributed by atoms with van der Waals surface area (Å²) in [4.78, 5) is 17.3. The maximum Gasteiger partial charge on any atom is 0.242 e. The van der Waals surface area contributed by atoms with Gasteiger partial charge in [0.1, 0.15) is 16.7 Å². The van der Waals surface area contributed by atoms with Gasteiger partial charge in [0.2, 0.25) is 15.9 Å². The number of halogens is 2. The Morgan fingerprint density at radius 3 is 2.28 bits per heavy atom. The highest BCUT2D eigenvalue weighted by molar-refractivity contribution is 7.89. The molecule has 0 radical (unpaired) electrons.